The van der Waals surface area contributed by atoms with Crippen molar-refractivity contribution in [3.8, 4) is 0 Å². The van der Waals surface area contributed by atoms with Gasteiger partial charge < -0.3 is 5.32 Å². The van der Waals surface area contributed by atoms with Gasteiger partial charge in [0, 0.05) is 11.8 Å². The first-order valence-electron chi connectivity index (χ1n) is 8.23. The van der Waals surface area contributed by atoms with Crippen molar-refractivity contribution >= 4 is 39.1 Å². The number of hydrogen-bond acceptors (Lipinski definition) is 4. The zero-order chi connectivity index (χ0) is 19.5. The fourth-order valence-electron chi connectivity index (χ4n) is 2.65. The first-order chi connectivity index (χ1) is 12.2. The van der Waals surface area contributed by atoms with Gasteiger partial charge in [-0.2, -0.15) is 0 Å². The summed E-state index contributed by atoms with van der Waals surface area (Å²) in [5.74, 6) is -0.0646. The van der Waals surface area contributed by atoms with Crippen LogP contribution in [0.5, 0.6) is 0 Å². The molecule has 140 valence electrons. The van der Waals surface area contributed by atoms with Gasteiger partial charge in [0.1, 0.15) is 0 Å². The van der Waals surface area contributed by atoms with Crippen molar-refractivity contribution in [2.45, 2.75) is 43.4 Å². The summed E-state index contributed by atoms with van der Waals surface area (Å²) in [6.45, 7) is 7.32. The molecular formula is C19H24N2O3S2. The molecule has 0 aliphatic heterocycles. The Labute approximate surface area is 159 Å². The Bertz CT molecular complexity index is 922. The van der Waals surface area contributed by atoms with Gasteiger partial charge in [-0.1, -0.05) is 32.0 Å². The van der Waals surface area contributed by atoms with Crippen LogP contribution < -0.4 is 10.0 Å². The fraction of sp³-hybridized carbons (Fsp3) is 0.316. The van der Waals surface area contributed by atoms with Gasteiger partial charge >= 0.3 is 0 Å². The molecule has 7 heteroatoms. The lowest BCUT2D eigenvalue weighted by atomic mass is 9.99. The largest absolute Gasteiger partial charge is 0.325 e. The Kier molecular flexibility index (Phi) is 6.36. The van der Waals surface area contributed by atoms with Crippen LogP contribution in [0.3, 0.4) is 0 Å². The maximum atomic E-state index is 12.9. The number of carbonyl (C=O) groups excluding carboxylic acids is 1. The van der Waals surface area contributed by atoms with E-state index in [-0.39, 0.29) is 16.7 Å². The van der Waals surface area contributed by atoms with Crippen molar-refractivity contribution in [3.63, 3.8) is 0 Å². The lowest BCUT2D eigenvalue weighted by Gasteiger charge is -2.18. The zero-order valence-electron chi connectivity index (χ0n) is 15.6. The second-order valence-electron chi connectivity index (χ2n) is 6.34. The van der Waals surface area contributed by atoms with E-state index in [0.29, 0.717) is 11.4 Å². The average Bonchev–Trinajstić information content (AvgIpc) is 2.55. The molecule has 2 aromatic rings. The van der Waals surface area contributed by atoms with Gasteiger partial charge in [0.15, 0.2) is 0 Å². The van der Waals surface area contributed by atoms with Crippen LogP contribution in [0.15, 0.2) is 46.2 Å². The van der Waals surface area contributed by atoms with E-state index in [1.165, 1.54) is 24.8 Å². The molecule has 1 amide bonds. The Hall–Kier alpha value is -1.99. The smallest absolute Gasteiger partial charge is 0.261 e. The molecular weight excluding hydrogens is 368 g/mol. The second kappa shape index (κ2) is 8.14. The molecule has 5 nitrogen and oxygen atoms in total. The van der Waals surface area contributed by atoms with Gasteiger partial charge in [0.05, 0.1) is 16.3 Å². The van der Waals surface area contributed by atoms with Crippen LogP contribution in [0.2, 0.25) is 0 Å². The lowest BCUT2D eigenvalue weighted by Crippen LogP contribution is -2.16. The highest BCUT2D eigenvalue weighted by Gasteiger charge is 2.20. The molecule has 2 rings (SSSR count). The summed E-state index contributed by atoms with van der Waals surface area (Å²) in [6.07, 6.45) is 1.87. The maximum Gasteiger partial charge on any atom is 0.261 e. The number of para-hydroxylation sites is 1. The molecule has 26 heavy (non-hydrogen) atoms. The van der Waals surface area contributed by atoms with Crippen LogP contribution in [-0.2, 0) is 14.8 Å². The number of benzene rings is 2. The topological polar surface area (TPSA) is 75.3 Å². The van der Waals surface area contributed by atoms with Crippen LogP contribution in [0.4, 0.5) is 11.4 Å². The number of carbonyl (C=O) groups is 1. The molecule has 2 N–H and O–H groups in total. The number of hydrogen-bond donors (Lipinski definition) is 2. The first kappa shape index (κ1) is 20.3. The van der Waals surface area contributed by atoms with Gasteiger partial charge in [0.25, 0.3) is 10.0 Å². The SMILES string of the molecule is CSc1ccc(S(=O)(=O)Nc2c(C)cccc2C(C)C)cc1NC(C)=O. The molecule has 0 aliphatic rings. The van der Waals surface area contributed by atoms with Crippen LogP contribution in [0.25, 0.3) is 0 Å². The summed E-state index contributed by atoms with van der Waals surface area (Å²) in [4.78, 5) is 12.3. The van der Waals surface area contributed by atoms with E-state index in [1.54, 1.807) is 12.1 Å². The molecule has 0 unspecified atom stereocenters. The molecule has 0 aliphatic carbocycles. The summed E-state index contributed by atoms with van der Waals surface area (Å²) >= 11 is 1.44. The quantitative estimate of drug-likeness (QED) is 0.705. The van der Waals surface area contributed by atoms with Crippen molar-refractivity contribution in [1.29, 1.82) is 0 Å². The molecule has 0 atom stereocenters. The molecule has 0 bridgehead atoms. The summed E-state index contributed by atoms with van der Waals surface area (Å²) in [7, 11) is -3.79. The van der Waals surface area contributed by atoms with Gasteiger partial charge in [-0.05, 0) is 48.4 Å². The summed E-state index contributed by atoms with van der Waals surface area (Å²) in [5.41, 5.74) is 2.90. The molecule has 0 spiro atoms. The van der Waals surface area contributed by atoms with Crippen LogP contribution in [-0.4, -0.2) is 20.6 Å². The van der Waals surface area contributed by atoms with E-state index < -0.39 is 10.0 Å². The van der Waals surface area contributed by atoms with Crippen molar-refractivity contribution < 1.29 is 13.2 Å². The minimum atomic E-state index is -3.79. The highest BCUT2D eigenvalue weighted by Crippen LogP contribution is 2.32. The second-order valence-corrected chi connectivity index (χ2v) is 8.87. The van der Waals surface area contributed by atoms with E-state index >= 15 is 0 Å². The van der Waals surface area contributed by atoms with Gasteiger partial charge in [-0.3, -0.25) is 9.52 Å². The Balaban J connectivity index is 2.48. The van der Waals surface area contributed by atoms with E-state index in [2.05, 4.69) is 10.0 Å². The molecule has 0 heterocycles. The average molecular weight is 393 g/mol. The van der Waals surface area contributed by atoms with Crippen molar-refractivity contribution in [1.82, 2.24) is 0 Å². The summed E-state index contributed by atoms with van der Waals surface area (Å²) < 4.78 is 28.6. The number of thioether (sulfide) groups is 1. The summed E-state index contributed by atoms with van der Waals surface area (Å²) in [5, 5.41) is 2.69. The number of amides is 1. The number of nitrogens with one attached hydrogen (secondary N) is 2. The van der Waals surface area contributed by atoms with Gasteiger partial charge in [0.2, 0.25) is 5.91 Å². The third-order valence-electron chi connectivity index (χ3n) is 3.96. The normalized spacial score (nSPS) is 11.5. The number of rotatable bonds is 6. The molecule has 0 radical (unpaired) electrons. The van der Waals surface area contributed by atoms with E-state index in [9.17, 15) is 13.2 Å². The monoisotopic (exact) mass is 392 g/mol. The maximum absolute atomic E-state index is 12.9. The van der Waals surface area contributed by atoms with Crippen molar-refractivity contribution in [2.75, 3.05) is 16.3 Å². The third kappa shape index (κ3) is 4.59. The minimum Gasteiger partial charge on any atom is -0.325 e. The predicted octanol–water partition coefficient (Wildman–Crippen LogP) is 4.60. The van der Waals surface area contributed by atoms with Crippen LogP contribution >= 0.6 is 11.8 Å². The summed E-state index contributed by atoms with van der Waals surface area (Å²) in [6, 6.07) is 10.5. The van der Waals surface area contributed by atoms with Gasteiger partial charge in [-0.25, -0.2) is 8.42 Å². The van der Waals surface area contributed by atoms with Crippen molar-refractivity contribution in [2.24, 2.45) is 0 Å². The Morgan fingerprint density at radius 3 is 2.42 bits per heavy atom. The van der Waals surface area contributed by atoms with Crippen LogP contribution in [0.1, 0.15) is 37.8 Å². The number of anilines is 2. The first-order valence-corrected chi connectivity index (χ1v) is 10.9. The fourth-order valence-corrected chi connectivity index (χ4v) is 4.37. The number of aryl methyl sites for hydroxylation is 1. The van der Waals surface area contributed by atoms with E-state index in [0.717, 1.165) is 16.0 Å². The van der Waals surface area contributed by atoms with E-state index in [4.69, 9.17) is 0 Å². The molecule has 2 aromatic carbocycles. The van der Waals surface area contributed by atoms with Gasteiger partial charge in [-0.15, -0.1) is 11.8 Å². The van der Waals surface area contributed by atoms with Crippen LogP contribution in [0, 0.1) is 6.92 Å². The minimum absolute atomic E-state index is 0.108. The number of sulfonamides is 1. The Morgan fingerprint density at radius 1 is 1.15 bits per heavy atom. The molecule has 0 saturated carbocycles. The standard InChI is InChI=1S/C19H24N2O3S2/c1-12(2)16-8-6-7-13(3)19(16)21-26(23,24)15-9-10-18(25-5)17(11-15)20-14(4)22/h6-12,21H,1-5H3,(H,20,22). The molecule has 0 saturated heterocycles. The highest BCUT2D eigenvalue weighted by molar-refractivity contribution is 7.98. The van der Waals surface area contributed by atoms with Crippen molar-refractivity contribution in [3.05, 3.63) is 47.5 Å². The zero-order valence-corrected chi connectivity index (χ0v) is 17.2. The predicted molar refractivity (Wildman–Crippen MR) is 109 cm³/mol. The molecule has 0 fully saturated rings. The molecule has 0 aromatic heterocycles. The lowest BCUT2D eigenvalue weighted by molar-refractivity contribution is -0.114. The third-order valence-corrected chi connectivity index (χ3v) is 6.10. The highest BCUT2D eigenvalue weighted by atomic mass is 32.2. The van der Waals surface area contributed by atoms with E-state index in [1.807, 2.05) is 45.2 Å². The Morgan fingerprint density at radius 2 is 1.85 bits per heavy atom.